The first kappa shape index (κ1) is 21.9. The van der Waals surface area contributed by atoms with Gasteiger partial charge >= 0.3 is 0 Å². The minimum absolute atomic E-state index is 0.155. The zero-order valence-corrected chi connectivity index (χ0v) is 17.4. The monoisotopic (exact) mass is 433 g/mol. The van der Waals surface area contributed by atoms with Gasteiger partial charge in [0.2, 0.25) is 21.8 Å². The normalized spacial score (nSPS) is 15.5. The van der Waals surface area contributed by atoms with Crippen molar-refractivity contribution in [3.8, 4) is 0 Å². The van der Waals surface area contributed by atoms with Crippen molar-refractivity contribution in [3.05, 3.63) is 59.9 Å². The number of hydrogen-bond donors (Lipinski definition) is 2. The molecule has 0 aromatic heterocycles. The second-order valence-electron chi connectivity index (χ2n) is 7.23. The molecule has 3 rings (SSSR count). The van der Waals surface area contributed by atoms with E-state index < -0.39 is 10.0 Å². The van der Waals surface area contributed by atoms with Crippen molar-refractivity contribution in [1.82, 2.24) is 9.62 Å². The molecule has 7 nitrogen and oxygen atoms in total. The molecular formula is C21H24FN3O4S. The predicted octanol–water partition coefficient (Wildman–Crippen LogP) is 2.50. The molecule has 0 bridgehead atoms. The van der Waals surface area contributed by atoms with E-state index in [2.05, 4.69) is 10.6 Å². The number of carbonyl (C=O) groups is 2. The fourth-order valence-electron chi connectivity index (χ4n) is 3.29. The Morgan fingerprint density at radius 3 is 2.20 bits per heavy atom. The van der Waals surface area contributed by atoms with Gasteiger partial charge in [-0.05, 0) is 54.8 Å². The van der Waals surface area contributed by atoms with E-state index >= 15 is 0 Å². The number of nitrogens with one attached hydrogen (secondary N) is 2. The van der Waals surface area contributed by atoms with Gasteiger partial charge in [0.05, 0.1) is 4.90 Å². The number of piperidine rings is 1. The summed E-state index contributed by atoms with van der Waals surface area (Å²) in [6.07, 6.45) is 0.819. The van der Waals surface area contributed by atoms with Crippen LogP contribution in [0, 0.1) is 11.7 Å². The number of amides is 2. The highest BCUT2D eigenvalue weighted by atomic mass is 32.2. The Kier molecular flexibility index (Phi) is 6.84. The Bertz CT molecular complexity index is 1000. The summed E-state index contributed by atoms with van der Waals surface area (Å²) in [5, 5.41) is 5.41. The van der Waals surface area contributed by atoms with E-state index in [1.165, 1.54) is 47.6 Å². The molecule has 0 saturated carbocycles. The summed E-state index contributed by atoms with van der Waals surface area (Å²) < 4.78 is 40.1. The van der Waals surface area contributed by atoms with Gasteiger partial charge in [0.25, 0.3) is 0 Å². The van der Waals surface area contributed by atoms with Crippen molar-refractivity contribution in [2.45, 2.75) is 31.2 Å². The Hall–Kier alpha value is -2.78. The van der Waals surface area contributed by atoms with Crippen LogP contribution in [0.3, 0.4) is 0 Å². The Morgan fingerprint density at radius 1 is 1.03 bits per heavy atom. The van der Waals surface area contributed by atoms with Crippen molar-refractivity contribution in [1.29, 1.82) is 0 Å². The average molecular weight is 434 g/mol. The first-order valence-electron chi connectivity index (χ1n) is 9.65. The van der Waals surface area contributed by atoms with Crippen LogP contribution in [0.2, 0.25) is 0 Å². The number of carbonyl (C=O) groups excluding carboxylic acids is 2. The zero-order valence-electron chi connectivity index (χ0n) is 16.6. The minimum Gasteiger partial charge on any atom is -0.352 e. The van der Waals surface area contributed by atoms with Gasteiger partial charge in [-0.2, -0.15) is 4.31 Å². The summed E-state index contributed by atoms with van der Waals surface area (Å²) in [5.41, 5.74) is 1.32. The maximum atomic E-state index is 13.0. The summed E-state index contributed by atoms with van der Waals surface area (Å²) in [4.78, 5) is 23.6. The molecule has 160 valence electrons. The molecule has 2 aromatic rings. The number of halogens is 1. The van der Waals surface area contributed by atoms with E-state index in [1.807, 2.05) is 0 Å². The molecule has 0 unspecified atom stereocenters. The molecule has 1 saturated heterocycles. The molecule has 0 spiro atoms. The lowest BCUT2D eigenvalue weighted by Gasteiger charge is -2.30. The lowest BCUT2D eigenvalue weighted by molar-refractivity contribution is -0.121. The van der Waals surface area contributed by atoms with Gasteiger partial charge in [-0.3, -0.25) is 9.59 Å². The average Bonchev–Trinajstić information content (AvgIpc) is 2.74. The van der Waals surface area contributed by atoms with Gasteiger partial charge < -0.3 is 10.6 Å². The fraction of sp³-hybridized carbons (Fsp3) is 0.333. The lowest BCUT2D eigenvalue weighted by atomic mass is 9.97. The second kappa shape index (κ2) is 9.36. The van der Waals surface area contributed by atoms with Crippen LogP contribution in [0.25, 0.3) is 0 Å². The summed E-state index contributed by atoms with van der Waals surface area (Å²) in [7, 11) is -3.65. The van der Waals surface area contributed by atoms with E-state index in [0.29, 0.717) is 25.1 Å². The molecular weight excluding hydrogens is 409 g/mol. The molecule has 1 heterocycles. The number of anilines is 1. The van der Waals surface area contributed by atoms with Crippen LogP contribution in [0.15, 0.2) is 53.4 Å². The van der Waals surface area contributed by atoms with Gasteiger partial charge in [-0.15, -0.1) is 0 Å². The summed E-state index contributed by atoms with van der Waals surface area (Å²) >= 11 is 0. The van der Waals surface area contributed by atoms with E-state index in [-0.39, 0.29) is 41.5 Å². The molecule has 30 heavy (non-hydrogen) atoms. The maximum Gasteiger partial charge on any atom is 0.243 e. The van der Waals surface area contributed by atoms with Crippen LogP contribution in [-0.4, -0.2) is 37.6 Å². The number of hydrogen-bond acceptors (Lipinski definition) is 4. The highest BCUT2D eigenvalue weighted by Crippen LogP contribution is 2.25. The maximum absolute atomic E-state index is 13.0. The minimum atomic E-state index is -3.65. The van der Waals surface area contributed by atoms with Crippen LogP contribution < -0.4 is 10.6 Å². The molecule has 1 aliphatic rings. The number of nitrogens with zero attached hydrogens (tertiary/aromatic N) is 1. The third-order valence-electron chi connectivity index (χ3n) is 5.04. The molecule has 2 N–H and O–H groups in total. The van der Waals surface area contributed by atoms with E-state index in [0.717, 1.165) is 5.56 Å². The van der Waals surface area contributed by atoms with Crippen LogP contribution >= 0.6 is 0 Å². The van der Waals surface area contributed by atoms with Gasteiger partial charge in [0, 0.05) is 38.2 Å². The smallest absolute Gasteiger partial charge is 0.243 e. The van der Waals surface area contributed by atoms with Crippen LogP contribution in [0.1, 0.15) is 25.3 Å². The van der Waals surface area contributed by atoms with Crippen LogP contribution in [0.4, 0.5) is 10.1 Å². The second-order valence-corrected chi connectivity index (χ2v) is 9.17. The van der Waals surface area contributed by atoms with Crippen molar-refractivity contribution in [3.63, 3.8) is 0 Å². The van der Waals surface area contributed by atoms with E-state index in [4.69, 9.17) is 0 Å². The fourth-order valence-corrected chi connectivity index (χ4v) is 4.76. The number of rotatable bonds is 6. The van der Waals surface area contributed by atoms with Crippen molar-refractivity contribution < 1.29 is 22.4 Å². The zero-order chi connectivity index (χ0) is 21.7. The largest absolute Gasteiger partial charge is 0.352 e. The number of benzene rings is 2. The molecule has 1 aliphatic heterocycles. The van der Waals surface area contributed by atoms with Gasteiger partial charge in [0.15, 0.2) is 0 Å². The summed E-state index contributed by atoms with van der Waals surface area (Å²) in [5.74, 6) is -1.03. The Morgan fingerprint density at radius 2 is 1.63 bits per heavy atom. The first-order valence-corrected chi connectivity index (χ1v) is 11.1. The van der Waals surface area contributed by atoms with Crippen LogP contribution in [-0.2, 0) is 26.2 Å². The van der Waals surface area contributed by atoms with Gasteiger partial charge in [-0.1, -0.05) is 12.1 Å². The van der Waals surface area contributed by atoms with Crippen molar-refractivity contribution in [2.24, 2.45) is 5.92 Å². The Balaban J connectivity index is 1.57. The molecule has 1 fully saturated rings. The molecule has 9 heteroatoms. The third kappa shape index (κ3) is 5.43. The summed E-state index contributed by atoms with van der Waals surface area (Å²) in [6, 6.07) is 11.9. The quantitative estimate of drug-likeness (QED) is 0.732. The molecule has 0 atom stereocenters. The van der Waals surface area contributed by atoms with Gasteiger partial charge in [0.1, 0.15) is 5.82 Å². The third-order valence-corrected chi connectivity index (χ3v) is 6.95. The summed E-state index contributed by atoms with van der Waals surface area (Å²) in [6.45, 7) is 2.25. The van der Waals surface area contributed by atoms with Crippen molar-refractivity contribution >= 4 is 27.5 Å². The highest BCUT2D eigenvalue weighted by molar-refractivity contribution is 7.89. The lowest BCUT2D eigenvalue weighted by Crippen LogP contribution is -2.41. The number of sulfonamides is 1. The molecule has 0 radical (unpaired) electrons. The van der Waals surface area contributed by atoms with Gasteiger partial charge in [-0.25, -0.2) is 12.8 Å². The predicted molar refractivity (Wildman–Crippen MR) is 110 cm³/mol. The molecule has 0 aliphatic carbocycles. The van der Waals surface area contributed by atoms with Crippen molar-refractivity contribution in [2.75, 3.05) is 18.4 Å². The molecule has 2 aromatic carbocycles. The molecule has 2 amide bonds. The highest BCUT2D eigenvalue weighted by Gasteiger charge is 2.32. The topological polar surface area (TPSA) is 95.6 Å². The van der Waals surface area contributed by atoms with E-state index in [9.17, 15) is 22.4 Å². The SMILES string of the molecule is CC(=O)NCc1ccc(S(=O)(=O)N2CCC(C(=O)Nc3ccc(F)cc3)CC2)cc1. The van der Waals surface area contributed by atoms with E-state index in [1.54, 1.807) is 12.1 Å². The van der Waals surface area contributed by atoms with Crippen LogP contribution in [0.5, 0.6) is 0 Å². The Labute approximate surface area is 175 Å². The standard InChI is InChI=1S/C21H24FN3O4S/c1-15(26)23-14-16-2-8-20(9-3-16)30(28,29)25-12-10-17(11-13-25)21(27)24-19-6-4-18(22)5-7-19/h2-9,17H,10-14H2,1H3,(H,23,26)(H,24,27). The first-order chi connectivity index (χ1) is 14.3.